The zero-order valence-electron chi connectivity index (χ0n) is 6.55. The molecule has 0 aromatic heterocycles. The van der Waals surface area contributed by atoms with Crippen LogP contribution in [0.15, 0.2) is 18.2 Å². The van der Waals surface area contributed by atoms with Gasteiger partial charge in [-0.2, -0.15) is 0 Å². The van der Waals surface area contributed by atoms with Crippen molar-refractivity contribution in [3.63, 3.8) is 0 Å². The van der Waals surface area contributed by atoms with E-state index < -0.39 is 0 Å². The minimum absolute atomic E-state index is 0.836. The first-order valence-electron chi connectivity index (χ1n) is 3.83. The molecule has 0 fully saturated rings. The van der Waals surface area contributed by atoms with Gasteiger partial charge in [-0.1, -0.05) is 0 Å². The van der Waals surface area contributed by atoms with Crippen molar-refractivity contribution < 1.29 is 4.74 Å². The SMILES string of the molecule is CNc1ccc2c(c1)CCO2. The summed E-state index contributed by atoms with van der Waals surface area (Å²) < 4.78 is 5.37. The summed E-state index contributed by atoms with van der Waals surface area (Å²) in [5.41, 5.74) is 2.48. The molecular weight excluding hydrogens is 138 g/mol. The Balaban J connectivity index is 2.41. The second-order valence-electron chi connectivity index (χ2n) is 2.67. The van der Waals surface area contributed by atoms with Gasteiger partial charge in [0.05, 0.1) is 6.61 Å². The minimum atomic E-state index is 0.836. The molecule has 1 aliphatic heterocycles. The molecule has 1 N–H and O–H groups in total. The molecule has 58 valence electrons. The number of ether oxygens (including phenoxy) is 1. The molecule has 0 radical (unpaired) electrons. The maximum absolute atomic E-state index is 5.37. The molecule has 0 atom stereocenters. The quantitative estimate of drug-likeness (QED) is 0.655. The smallest absolute Gasteiger partial charge is 0.122 e. The van der Waals surface area contributed by atoms with Crippen molar-refractivity contribution in [1.82, 2.24) is 0 Å². The first-order chi connectivity index (χ1) is 5.40. The molecule has 2 nitrogen and oxygen atoms in total. The van der Waals surface area contributed by atoms with Gasteiger partial charge in [-0.25, -0.2) is 0 Å². The fourth-order valence-corrected chi connectivity index (χ4v) is 1.34. The average molecular weight is 149 g/mol. The van der Waals surface area contributed by atoms with Gasteiger partial charge < -0.3 is 10.1 Å². The lowest BCUT2D eigenvalue weighted by Crippen LogP contribution is -1.87. The van der Waals surface area contributed by atoms with Crippen LogP contribution in [0.4, 0.5) is 5.69 Å². The van der Waals surface area contributed by atoms with Gasteiger partial charge in [0, 0.05) is 19.2 Å². The number of benzene rings is 1. The molecule has 2 rings (SSSR count). The van der Waals surface area contributed by atoms with E-state index in [0.717, 1.165) is 24.5 Å². The van der Waals surface area contributed by atoms with Gasteiger partial charge in [0.15, 0.2) is 0 Å². The third-order valence-corrected chi connectivity index (χ3v) is 1.98. The highest BCUT2D eigenvalue weighted by atomic mass is 16.5. The maximum Gasteiger partial charge on any atom is 0.122 e. The van der Waals surface area contributed by atoms with Crippen molar-refractivity contribution in [3.05, 3.63) is 23.8 Å². The number of nitrogens with one attached hydrogen (secondary N) is 1. The van der Waals surface area contributed by atoms with Crippen LogP contribution < -0.4 is 10.1 Å². The highest BCUT2D eigenvalue weighted by Crippen LogP contribution is 2.27. The second-order valence-corrected chi connectivity index (χ2v) is 2.67. The molecule has 1 aromatic rings. The zero-order valence-corrected chi connectivity index (χ0v) is 6.55. The largest absolute Gasteiger partial charge is 0.493 e. The predicted molar refractivity (Wildman–Crippen MR) is 45.2 cm³/mol. The fourth-order valence-electron chi connectivity index (χ4n) is 1.34. The summed E-state index contributed by atoms with van der Waals surface area (Å²) in [7, 11) is 1.93. The highest BCUT2D eigenvalue weighted by Gasteiger charge is 2.10. The standard InChI is InChI=1S/C9H11NO/c1-10-8-2-3-9-7(6-8)4-5-11-9/h2-3,6,10H,4-5H2,1H3. The van der Waals surface area contributed by atoms with Gasteiger partial charge in [0.25, 0.3) is 0 Å². The van der Waals surface area contributed by atoms with E-state index in [1.165, 1.54) is 5.56 Å². The number of hydrogen-bond donors (Lipinski definition) is 1. The average Bonchev–Trinajstić information content (AvgIpc) is 2.50. The Morgan fingerprint density at radius 3 is 3.18 bits per heavy atom. The van der Waals surface area contributed by atoms with Crippen molar-refractivity contribution in [2.75, 3.05) is 19.0 Å². The molecule has 0 amide bonds. The van der Waals surface area contributed by atoms with Crippen LogP contribution in [0.25, 0.3) is 0 Å². The van der Waals surface area contributed by atoms with Gasteiger partial charge in [-0.05, 0) is 23.8 Å². The Morgan fingerprint density at radius 2 is 2.36 bits per heavy atom. The summed E-state index contributed by atoms with van der Waals surface area (Å²) in [6.07, 6.45) is 1.05. The molecule has 1 aromatic carbocycles. The van der Waals surface area contributed by atoms with Gasteiger partial charge in [0.1, 0.15) is 5.75 Å². The van der Waals surface area contributed by atoms with Crippen LogP contribution in [-0.4, -0.2) is 13.7 Å². The van der Waals surface area contributed by atoms with Gasteiger partial charge in [-0.15, -0.1) is 0 Å². The zero-order chi connectivity index (χ0) is 7.68. The molecule has 0 saturated heterocycles. The summed E-state index contributed by atoms with van der Waals surface area (Å²) in [6.45, 7) is 0.836. The molecule has 0 bridgehead atoms. The Bertz CT molecular complexity index is 270. The van der Waals surface area contributed by atoms with Crippen LogP contribution in [0.3, 0.4) is 0 Å². The first kappa shape index (κ1) is 6.53. The van der Waals surface area contributed by atoms with E-state index in [1.807, 2.05) is 19.2 Å². The molecule has 0 saturated carbocycles. The highest BCUT2D eigenvalue weighted by molar-refractivity contribution is 5.51. The van der Waals surface area contributed by atoms with E-state index in [9.17, 15) is 0 Å². The topological polar surface area (TPSA) is 21.3 Å². The molecule has 1 heterocycles. The number of rotatable bonds is 1. The van der Waals surface area contributed by atoms with Crippen molar-refractivity contribution >= 4 is 5.69 Å². The van der Waals surface area contributed by atoms with E-state index in [0.29, 0.717) is 0 Å². The normalized spacial score (nSPS) is 13.9. The molecular formula is C9H11NO. The summed E-state index contributed by atoms with van der Waals surface area (Å²) in [5, 5.41) is 3.10. The van der Waals surface area contributed by atoms with Crippen LogP contribution in [0.2, 0.25) is 0 Å². The Labute approximate surface area is 66.2 Å². The van der Waals surface area contributed by atoms with E-state index >= 15 is 0 Å². The van der Waals surface area contributed by atoms with Crippen LogP contribution in [0.1, 0.15) is 5.56 Å². The third-order valence-electron chi connectivity index (χ3n) is 1.98. The fraction of sp³-hybridized carbons (Fsp3) is 0.333. The number of fused-ring (bicyclic) bond motifs is 1. The predicted octanol–water partition coefficient (Wildman–Crippen LogP) is 1.66. The molecule has 11 heavy (non-hydrogen) atoms. The van der Waals surface area contributed by atoms with Gasteiger partial charge in [-0.3, -0.25) is 0 Å². The van der Waals surface area contributed by atoms with Crippen molar-refractivity contribution in [2.24, 2.45) is 0 Å². The van der Waals surface area contributed by atoms with Crippen molar-refractivity contribution in [3.8, 4) is 5.75 Å². The molecule has 2 heteroatoms. The maximum atomic E-state index is 5.37. The molecule has 0 spiro atoms. The Kier molecular flexibility index (Phi) is 1.46. The monoisotopic (exact) mass is 149 g/mol. The summed E-state index contributed by atoms with van der Waals surface area (Å²) in [5.74, 6) is 1.05. The minimum Gasteiger partial charge on any atom is -0.493 e. The molecule has 1 aliphatic rings. The summed E-state index contributed by atoms with van der Waals surface area (Å²) in [4.78, 5) is 0. The summed E-state index contributed by atoms with van der Waals surface area (Å²) >= 11 is 0. The first-order valence-corrected chi connectivity index (χ1v) is 3.83. The number of hydrogen-bond acceptors (Lipinski definition) is 2. The van der Waals surface area contributed by atoms with E-state index in [4.69, 9.17) is 4.74 Å². The molecule has 0 aliphatic carbocycles. The van der Waals surface area contributed by atoms with Gasteiger partial charge in [0.2, 0.25) is 0 Å². The third kappa shape index (κ3) is 1.04. The number of anilines is 1. The van der Waals surface area contributed by atoms with E-state index in [1.54, 1.807) is 0 Å². The van der Waals surface area contributed by atoms with Crippen molar-refractivity contribution in [2.45, 2.75) is 6.42 Å². The molecule has 0 unspecified atom stereocenters. The lowest BCUT2D eigenvalue weighted by Gasteiger charge is -2.01. The van der Waals surface area contributed by atoms with E-state index in [-0.39, 0.29) is 0 Å². The summed E-state index contributed by atoms with van der Waals surface area (Å²) in [6, 6.07) is 6.20. The lowest BCUT2D eigenvalue weighted by atomic mass is 10.1. The second kappa shape index (κ2) is 2.46. The lowest BCUT2D eigenvalue weighted by molar-refractivity contribution is 0.357. The van der Waals surface area contributed by atoms with Gasteiger partial charge >= 0.3 is 0 Å². The van der Waals surface area contributed by atoms with Crippen LogP contribution in [0, 0.1) is 0 Å². The Morgan fingerprint density at radius 1 is 1.45 bits per heavy atom. The van der Waals surface area contributed by atoms with Crippen molar-refractivity contribution in [1.29, 1.82) is 0 Å². The van der Waals surface area contributed by atoms with E-state index in [2.05, 4.69) is 11.4 Å². The Hall–Kier alpha value is -1.18. The van der Waals surface area contributed by atoms with Crippen LogP contribution >= 0.6 is 0 Å². The van der Waals surface area contributed by atoms with Crippen LogP contribution in [0.5, 0.6) is 5.75 Å². The van der Waals surface area contributed by atoms with Crippen LogP contribution in [-0.2, 0) is 6.42 Å².